The summed E-state index contributed by atoms with van der Waals surface area (Å²) in [7, 11) is 1.56. The fraction of sp³-hybridized carbons (Fsp3) is 0.303. The van der Waals surface area contributed by atoms with Gasteiger partial charge < -0.3 is 30.2 Å². The maximum absolute atomic E-state index is 15.1. The number of methoxy groups -OCH3 is 1. The summed E-state index contributed by atoms with van der Waals surface area (Å²) in [5.74, 6) is -0.569. The van der Waals surface area contributed by atoms with Crippen molar-refractivity contribution in [3.63, 3.8) is 0 Å². The van der Waals surface area contributed by atoms with E-state index >= 15 is 4.39 Å². The van der Waals surface area contributed by atoms with Gasteiger partial charge in [0.1, 0.15) is 5.75 Å². The molecule has 0 saturated carbocycles. The van der Waals surface area contributed by atoms with Crippen LogP contribution in [-0.2, 0) is 9.59 Å². The van der Waals surface area contributed by atoms with Gasteiger partial charge in [-0.3, -0.25) is 14.6 Å². The second-order valence-corrected chi connectivity index (χ2v) is 10.6. The molecule has 10 heteroatoms. The Morgan fingerprint density at radius 2 is 1.74 bits per heavy atom. The molecule has 2 heterocycles. The summed E-state index contributed by atoms with van der Waals surface area (Å²) >= 11 is 0. The Morgan fingerprint density at radius 1 is 0.977 bits per heavy atom. The minimum Gasteiger partial charge on any atom is -0.493 e. The monoisotopic (exact) mass is 586 g/mol. The molecule has 43 heavy (non-hydrogen) atoms. The molecule has 1 aliphatic heterocycles. The van der Waals surface area contributed by atoms with Crippen molar-refractivity contribution in [1.29, 1.82) is 0 Å². The lowest BCUT2D eigenvalue weighted by atomic mass is 9.99. The van der Waals surface area contributed by atoms with E-state index in [9.17, 15) is 9.59 Å². The Morgan fingerprint density at radius 3 is 2.47 bits per heavy atom. The Kier molecular flexibility index (Phi) is 9.36. The van der Waals surface area contributed by atoms with E-state index in [1.165, 1.54) is 12.1 Å². The van der Waals surface area contributed by atoms with Crippen LogP contribution in [0.5, 0.6) is 23.0 Å². The van der Waals surface area contributed by atoms with E-state index in [0.29, 0.717) is 40.7 Å². The van der Waals surface area contributed by atoms with Crippen LogP contribution in [0.3, 0.4) is 0 Å². The first-order valence-corrected chi connectivity index (χ1v) is 14.3. The number of carbonyl (C=O) groups is 2. The van der Waals surface area contributed by atoms with Gasteiger partial charge in [-0.25, -0.2) is 4.39 Å². The van der Waals surface area contributed by atoms with E-state index in [-0.39, 0.29) is 17.5 Å². The molecule has 1 aliphatic rings. The van der Waals surface area contributed by atoms with Crippen LogP contribution in [0.4, 0.5) is 10.1 Å². The van der Waals surface area contributed by atoms with Crippen molar-refractivity contribution in [2.75, 3.05) is 32.1 Å². The summed E-state index contributed by atoms with van der Waals surface area (Å²) in [4.78, 5) is 29.4. The number of piperidine rings is 1. The Balaban J connectivity index is 1.25. The molecule has 0 spiro atoms. The topological polar surface area (TPSA) is 111 Å². The van der Waals surface area contributed by atoms with E-state index in [1.54, 1.807) is 38.4 Å². The van der Waals surface area contributed by atoms with Crippen molar-refractivity contribution in [2.45, 2.75) is 32.7 Å². The number of fused-ring (bicyclic) bond motifs is 1. The largest absolute Gasteiger partial charge is 0.493 e. The zero-order chi connectivity index (χ0) is 30.3. The fourth-order valence-electron chi connectivity index (χ4n) is 4.91. The minimum atomic E-state index is -0.905. The van der Waals surface area contributed by atoms with Gasteiger partial charge in [0, 0.05) is 29.4 Å². The number of nitrogens with zero attached hydrogens (tertiary/aromatic N) is 1. The van der Waals surface area contributed by atoms with Gasteiger partial charge in [-0.1, -0.05) is 29.8 Å². The highest BCUT2D eigenvalue weighted by molar-refractivity contribution is 6.39. The number of amides is 2. The third-order valence-corrected chi connectivity index (χ3v) is 7.46. The van der Waals surface area contributed by atoms with Crippen molar-refractivity contribution in [3.8, 4) is 23.0 Å². The summed E-state index contributed by atoms with van der Waals surface area (Å²) in [6, 6.07) is 16.4. The molecule has 0 aliphatic carbocycles. The van der Waals surface area contributed by atoms with Crippen molar-refractivity contribution in [3.05, 3.63) is 83.8 Å². The molecule has 1 fully saturated rings. The van der Waals surface area contributed by atoms with Gasteiger partial charge in [-0.05, 0) is 75.5 Å². The van der Waals surface area contributed by atoms with E-state index in [1.807, 2.05) is 31.2 Å². The molecule has 1 aromatic heterocycles. The van der Waals surface area contributed by atoms with Gasteiger partial charge in [0.05, 0.1) is 25.3 Å². The summed E-state index contributed by atoms with van der Waals surface area (Å²) in [6.45, 7) is 6.30. The maximum Gasteiger partial charge on any atom is 0.313 e. The molecule has 9 nitrogen and oxygen atoms in total. The number of hydrogen-bond acceptors (Lipinski definition) is 7. The van der Waals surface area contributed by atoms with E-state index in [2.05, 4.69) is 20.9 Å². The number of hydrogen-bond donors (Lipinski definition) is 3. The molecule has 3 aromatic carbocycles. The SMILES string of the molecule is COc1cc2c(Oc3ccc(NC(=O)C(=O)N[C@@H](C)c4ccc(C)cc4)cc3F)ccnc2cc1OCC1CCNCC1. The number of aromatic nitrogens is 1. The van der Waals surface area contributed by atoms with Gasteiger partial charge in [0.2, 0.25) is 0 Å². The molecule has 0 bridgehead atoms. The Hall–Kier alpha value is -4.70. The molecule has 2 amide bonds. The van der Waals surface area contributed by atoms with E-state index in [4.69, 9.17) is 14.2 Å². The van der Waals surface area contributed by atoms with Crippen molar-refractivity contribution >= 4 is 28.4 Å². The highest BCUT2D eigenvalue weighted by Crippen LogP contribution is 2.38. The highest BCUT2D eigenvalue weighted by atomic mass is 19.1. The van der Waals surface area contributed by atoms with Crippen LogP contribution in [0.25, 0.3) is 10.9 Å². The first kappa shape index (κ1) is 29.8. The lowest BCUT2D eigenvalue weighted by Gasteiger charge is -2.23. The van der Waals surface area contributed by atoms with Gasteiger partial charge in [-0.2, -0.15) is 0 Å². The van der Waals surface area contributed by atoms with E-state index < -0.39 is 17.6 Å². The first-order chi connectivity index (χ1) is 20.8. The van der Waals surface area contributed by atoms with Gasteiger partial charge in [0.25, 0.3) is 0 Å². The lowest BCUT2D eigenvalue weighted by Crippen LogP contribution is -2.36. The molecule has 1 saturated heterocycles. The number of rotatable bonds is 9. The summed E-state index contributed by atoms with van der Waals surface area (Å²) in [5, 5.41) is 9.06. The normalized spacial score (nSPS) is 14.1. The van der Waals surface area contributed by atoms with Crippen LogP contribution in [0, 0.1) is 18.7 Å². The average Bonchev–Trinajstić information content (AvgIpc) is 3.01. The highest BCUT2D eigenvalue weighted by Gasteiger charge is 2.20. The second-order valence-electron chi connectivity index (χ2n) is 10.6. The van der Waals surface area contributed by atoms with Crippen molar-refractivity contribution in [2.24, 2.45) is 5.92 Å². The molecule has 1 atom stereocenters. The predicted molar refractivity (Wildman–Crippen MR) is 162 cm³/mol. The van der Waals surface area contributed by atoms with Crippen LogP contribution in [0.1, 0.15) is 36.9 Å². The number of halogens is 1. The predicted octanol–water partition coefficient (Wildman–Crippen LogP) is 5.68. The third kappa shape index (κ3) is 7.39. The smallest absolute Gasteiger partial charge is 0.313 e. The zero-order valence-corrected chi connectivity index (χ0v) is 24.4. The zero-order valence-electron chi connectivity index (χ0n) is 24.4. The molecule has 0 radical (unpaired) electrons. The minimum absolute atomic E-state index is 0.0619. The maximum atomic E-state index is 15.1. The molecule has 224 valence electrons. The number of benzene rings is 3. The second kappa shape index (κ2) is 13.5. The number of ether oxygens (including phenoxy) is 3. The van der Waals surface area contributed by atoms with Crippen molar-refractivity contribution in [1.82, 2.24) is 15.6 Å². The molecule has 4 aromatic rings. The number of anilines is 1. The molecule has 3 N–H and O–H groups in total. The van der Waals surface area contributed by atoms with Crippen LogP contribution in [0.2, 0.25) is 0 Å². The molecular formula is C33H35FN4O5. The number of aryl methyl sites for hydroxylation is 1. The first-order valence-electron chi connectivity index (χ1n) is 14.3. The number of carbonyl (C=O) groups excluding carboxylic acids is 2. The lowest BCUT2D eigenvalue weighted by molar-refractivity contribution is -0.136. The summed E-state index contributed by atoms with van der Waals surface area (Å²) in [6.07, 6.45) is 3.69. The molecule has 0 unspecified atom stereocenters. The standard InChI is InChI=1S/C33H35FN4O5/c1-20-4-6-23(7-5-20)21(2)37-32(39)33(40)38-24-8-9-29(26(34)16-24)43-28-12-15-36-27-18-31(30(41-3)17-25(27)28)42-19-22-10-13-35-14-11-22/h4-9,12,15-18,21-22,35H,10-11,13-14,19H2,1-3H3,(H,37,39)(H,38,40)/t21-/m0/s1. The Labute approximate surface area is 249 Å². The molecular weight excluding hydrogens is 551 g/mol. The number of nitrogens with one attached hydrogen (secondary N) is 3. The van der Waals surface area contributed by atoms with Crippen LogP contribution in [-0.4, -0.2) is 43.6 Å². The van der Waals surface area contributed by atoms with Gasteiger partial charge in [0.15, 0.2) is 23.1 Å². The van der Waals surface area contributed by atoms with Gasteiger partial charge in [-0.15, -0.1) is 0 Å². The Bertz CT molecular complexity index is 1610. The number of pyridine rings is 1. The molecule has 5 rings (SSSR count). The average molecular weight is 587 g/mol. The quantitative estimate of drug-likeness (QED) is 0.217. The third-order valence-electron chi connectivity index (χ3n) is 7.46. The fourth-order valence-corrected chi connectivity index (χ4v) is 4.91. The van der Waals surface area contributed by atoms with Gasteiger partial charge >= 0.3 is 11.8 Å². The van der Waals surface area contributed by atoms with E-state index in [0.717, 1.165) is 43.1 Å². The van der Waals surface area contributed by atoms with Crippen LogP contribution >= 0.6 is 0 Å². The van der Waals surface area contributed by atoms with Crippen LogP contribution in [0.15, 0.2) is 66.9 Å². The summed E-state index contributed by atoms with van der Waals surface area (Å²) < 4.78 is 32.7. The summed E-state index contributed by atoms with van der Waals surface area (Å²) in [5.41, 5.74) is 2.67. The van der Waals surface area contributed by atoms with Crippen LogP contribution < -0.4 is 30.2 Å². The van der Waals surface area contributed by atoms with Crippen molar-refractivity contribution < 1.29 is 28.2 Å².